The molecule has 2 atom stereocenters. The molecule has 0 bridgehead atoms. The lowest BCUT2D eigenvalue weighted by atomic mass is 10.1. The Labute approximate surface area is 111 Å². The molecule has 0 aliphatic carbocycles. The van der Waals surface area contributed by atoms with Crippen LogP contribution in [0.3, 0.4) is 0 Å². The molecule has 0 aromatic carbocycles. The summed E-state index contributed by atoms with van der Waals surface area (Å²) in [6.45, 7) is 7.13. The number of anilines is 1. The molecular formula is C13H18N2O2S. The van der Waals surface area contributed by atoms with Crippen LogP contribution in [0.5, 0.6) is 0 Å². The SMILES string of the molecule is Cc1cc(C(=O)O)cc(N2CCSC(C)C2C)n1. The summed E-state index contributed by atoms with van der Waals surface area (Å²) in [6, 6.07) is 3.66. The Morgan fingerprint density at radius 2 is 2.22 bits per heavy atom. The molecule has 0 amide bonds. The van der Waals surface area contributed by atoms with E-state index in [0.717, 1.165) is 23.8 Å². The number of carbonyl (C=O) groups is 1. The first-order chi connectivity index (χ1) is 8.49. The molecule has 1 aliphatic rings. The fraction of sp³-hybridized carbons (Fsp3) is 0.538. The van der Waals surface area contributed by atoms with E-state index in [-0.39, 0.29) is 0 Å². The molecule has 2 heterocycles. The van der Waals surface area contributed by atoms with Crippen molar-refractivity contribution in [2.24, 2.45) is 0 Å². The zero-order valence-corrected chi connectivity index (χ0v) is 11.7. The highest BCUT2D eigenvalue weighted by molar-refractivity contribution is 8.00. The first-order valence-corrected chi connectivity index (χ1v) is 7.14. The fourth-order valence-corrected chi connectivity index (χ4v) is 3.28. The van der Waals surface area contributed by atoms with E-state index in [1.165, 1.54) is 0 Å². The Bertz CT molecular complexity index is 464. The second kappa shape index (κ2) is 5.18. The first kappa shape index (κ1) is 13.2. The van der Waals surface area contributed by atoms with Crippen molar-refractivity contribution in [3.63, 3.8) is 0 Å². The largest absolute Gasteiger partial charge is 0.478 e. The van der Waals surface area contributed by atoms with E-state index in [1.54, 1.807) is 12.1 Å². The molecular weight excluding hydrogens is 248 g/mol. The third kappa shape index (κ3) is 2.61. The van der Waals surface area contributed by atoms with Gasteiger partial charge in [0.15, 0.2) is 0 Å². The van der Waals surface area contributed by atoms with Crippen LogP contribution in [0.2, 0.25) is 0 Å². The minimum Gasteiger partial charge on any atom is -0.478 e. The van der Waals surface area contributed by atoms with Crippen molar-refractivity contribution in [1.82, 2.24) is 4.98 Å². The van der Waals surface area contributed by atoms with E-state index in [4.69, 9.17) is 5.11 Å². The van der Waals surface area contributed by atoms with Gasteiger partial charge in [-0.25, -0.2) is 9.78 Å². The molecule has 1 aromatic rings. The van der Waals surface area contributed by atoms with Crippen molar-refractivity contribution >= 4 is 23.5 Å². The van der Waals surface area contributed by atoms with Crippen LogP contribution in [0.4, 0.5) is 5.82 Å². The summed E-state index contributed by atoms with van der Waals surface area (Å²) < 4.78 is 0. The third-order valence-electron chi connectivity index (χ3n) is 3.37. The van der Waals surface area contributed by atoms with E-state index in [1.807, 2.05) is 18.7 Å². The number of rotatable bonds is 2. The second-order valence-electron chi connectivity index (χ2n) is 4.67. The maximum atomic E-state index is 11.1. The normalized spacial score (nSPS) is 24.1. The van der Waals surface area contributed by atoms with Gasteiger partial charge in [-0.2, -0.15) is 11.8 Å². The van der Waals surface area contributed by atoms with Crippen molar-refractivity contribution in [2.45, 2.75) is 32.1 Å². The van der Waals surface area contributed by atoms with E-state index >= 15 is 0 Å². The highest BCUT2D eigenvalue weighted by Crippen LogP contribution is 2.28. The van der Waals surface area contributed by atoms with Gasteiger partial charge in [0.2, 0.25) is 0 Å². The van der Waals surface area contributed by atoms with Gasteiger partial charge in [-0.15, -0.1) is 0 Å². The molecule has 0 saturated carbocycles. The maximum absolute atomic E-state index is 11.1. The lowest BCUT2D eigenvalue weighted by Gasteiger charge is -2.38. The van der Waals surface area contributed by atoms with Crippen molar-refractivity contribution in [2.75, 3.05) is 17.2 Å². The first-order valence-electron chi connectivity index (χ1n) is 6.09. The summed E-state index contributed by atoms with van der Waals surface area (Å²) in [5.74, 6) is 0.949. The van der Waals surface area contributed by atoms with Crippen LogP contribution in [0.1, 0.15) is 29.9 Å². The Morgan fingerprint density at radius 1 is 1.50 bits per heavy atom. The zero-order chi connectivity index (χ0) is 13.3. The number of aromatic carboxylic acids is 1. The van der Waals surface area contributed by atoms with Crippen LogP contribution in [-0.2, 0) is 0 Å². The minimum atomic E-state index is -0.895. The Balaban J connectivity index is 2.35. The van der Waals surface area contributed by atoms with Crippen LogP contribution in [0.15, 0.2) is 12.1 Å². The lowest BCUT2D eigenvalue weighted by Crippen LogP contribution is -2.45. The highest BCUT2D eigenvalue weighted by atomic mass is 32.2. The predicted molar refractivity (Wildman–Crippen MR) is 74.7 cm³/mol. The number of carboxylic acid groups (broad SMARTS) is 1. The molecule has 1 saturated heterocycles. The van der Waals surface area contributed by atoms with Gasteiger partial charge in [-0.1, -0.05) is 6.92 Å². The van der Waals surface area contributed by atoms with Crippen molar-refractivity contribution in [3.8, 4) is 0 Å². The van der Waals surface area contributed by atoms with Gasteiger partial charge in [-0.3, -0.25) is 0 Å². The number of hydrogen-bond acceptors (Lipinski definition) is 4. The van der Waals surface area contributed by atoms with Gasteiger partial charge in [0.25, 0.3) is 0 Å². The molecule has 0 spiro atoms. The van der Waals surface area contributed by atoms with E-state index < -0.39 is 5.97 Å². The third-order valence-corrected chi connectivity index (χ3v) is 4.70. The summed E-state index contributed by atoms with van der Waals surface area (Å²) in [5, 5.41) is 9.64. The van der Waals surface area contributed by atoms with Crippen molar-refractivity contribution in [3.05, 3.63) is 23.4 Å². The van der Waals surface area contributed by atoms with Crippen LogP contribution in [0, 0.1) is 6.92 Å². The van der Waals surface area contributed by atoms with Crippen LogP contribution in [-0.4, -0.2) is 39.6 Å². The summed E-state index contributed by atoms with van der Waals surface area (Å²) in [4.78, 5) is 17.8. The van der Waals surface area contributed by atoms with Crippen molar-refractivity contribution < 1.29 is 9.90 Å². The van der Waals surface area contributed by atoms with Crippen LogP contribution in [0.25, 0.3) is 0 Å². The number of thioether (sulfide) groups is 1. The average molecular weight is 266 g/mol. The fourth-order valence-electron chi connectivity index (χ4n) is 2.18. The molecule has 2 unspecified atom stereocenters. The standard InChI is InChI=1S/C13H18N2O2S/c1-8-6-11(13(16)17)7-12(14-8)15-4-5-18-10(3)9(15)2/h6-7,9-10H,4-5H2,1-3H3,(H,16,17). The van der Waals surface area contributed by atoms with Gasteiger partial charge in [-0.05, 0) is 26.0 Å². The molecule has 98 valence electrons. The molecule has 0 radical (unpaired) electrons. The summed E-state index contributed by atoms with van der Waals surface area (Å²) in [7, 11) is 0. The minimum absolute atomic E-state index is 0.315. The topological polar surface area (TPSA) is 53.4 Å². The molecule has 1 aromatic heterocycles. The summed E-state index contributed by atoms with van der Waals surface area (Å²) in [5.41, 5.74) is 1.07. The van der Waals surface area contributed by atoms with Gasteiger partial charge < -0.3 is 10.0 Å². The van der Waals surface area contributed by atoms with Gasteiger partial charge >= 0.3 is 5.97 Å². The average Bonchev–Trinajstić information content (AvgIpc) is 2.31. The molecule has 1 fully saturated rings. The monoisotopic (exact) mass is 266 g/mol. The van der Waals surface area contributed by atoms with E-state index in [2.05, 4.69) is 23.7 Å². The summed E-state index contributed by atoms with van der Waals surface area (Å²) >= 11 is 1.95. The molecule has 1 aliphatic heterocycles. The number of aromatic nitrogens is 1. The second-order valence-corrected chi connectivity index (χ2v) is 6.16. The molecule has 5 heteroatoms. The number of pyridine rings is 1. The Kier molecular flexibility index (Phi) is 3.80. The van der Waals surface area contributed by atoms with E-state index in [0.29, 0.717) is 16.9 Å². The quantitative estimate of drug-likeness (QED) is 0.891. The predicted octanol–water partition coefficient (Wildman–Crippen LogP) is 2.42. The number of nitrogens with zero attached hydrogens (tertiary/aromatic N) is 2. The maximum Gasteiger partial charge on any atom is 0.335 e. The van der Waals surface area contributed by atoms with Gasteiger partial charge in [0, 0.05) is 29.3 Å². The highest BCUT2D eigenvalue weighted by Gasteiger charge is 2.26. The molecule has 4 nitrogen and oxygen atoms in total. The number of aryl methyl sites for hydroxylation is 1. The van der Waals surface area contributed by atoms with Crippen LogP contribution < -0.4 is 4.90 Å². The van der Waals surface area contributed by atoms with E-state index in [9.17, 15) is 4.79 Å². The Hall–Kier alpha value is -1.23. The summed E-state index contributed by atoms with van der Waals surface area (Å²) in [6.07, 6.45) is 0. The van der Waals surface area contributed by atoms with Gasteiger partial charge in [0.1, 0.15) is 5.82 Å². The molecule has 1 N–H and O–H groups in total. The zero-order valence-electron chi connectivity index (χ0n) is 10.9. The molecule has 2 rings (SSSR count). The molecule has 18 heavy (non-hydrogen) atoms. The van der Waals surface area contributed by atoms with Gasteiger partial charge in [0.05, 0.1) is 5.56 Å². The van der Waals surface area contributed by atoms with Crippen LogP contribution >= 0.6 is 11.8 Å². The Morgan fingerprint density at radius 3 is 2.89 bits per heavy atom. The smallest absolute Gasteiger partial charge is 0.335 e. The lowest BCUT2D eigenvalue weighted by molar-refractivity contribution is 0.0696. The van der Waals surface area contributed by atoms with Crippen molar-refractivity contribution in [1.29, 1.82) is 0 Å². The number of carboxylic acids is 1. The number of hydrogen-bond donors (Lipinski definition) is 1.